The number of benzene rings is 1. The molecule has 0 aliphatic rings. The van der Waals surface area contributed by atoms with Crippen molar-refractivity contribution >= 4 is 15.9 Å². The molecule has 0 heterocycles. The Morgan fingerprint density at radius 2 is 2.07 bits per heavy atom. The molecule has 1 rings (SSSR count). The fourth-order valence-corrected chi connectivity index (χ4v) is 1.78. The van der Waals surface area contributed by atoms with Gasteiger partial charge in [0, 0.05) is 12.5 Å². The Bertz CT molecular complexity index is 310. The molecule has 3 heteroatoms. The molecule has 84 valence electrons. The van der Waals surface area contributed by atoms with Crippen LogP contribution in [0.15, 0.2) is 24.3 Å². The average molecular weight is 273 g/mol. The van der Waals surface area contributed by atoms with Crippen molar-refractivity contribution < 1.29 is 9.47 Å². The van der Waals surface area contributed by atoms with Gasteiger partial charge in [-0.2, -0.15) is 0 Å². The van der Waals surface area contributed by atoms with Crippen molar-refractivity contribution in [2.45, 2.75) is 19.3 Å². The van der Waals surface area contributed by atoms with Crippen LogP contribution < -0.4 is 4.74 Å². The summed E-state index contributed by atoms with van der Waals surface area (Å²) in [6.07, 6.45) is 0. The lowest BCUT2D eigenvalue weighted by atomic mass is 9.85. The summed E-state index contributed by atoms with van der Waals surface area (Å²) in [6.45, 7) is 5.01. The maximum atomic E-state index is 5.40. The van der Waals surface area contributed by atoms with Crippen LogP contribution in [0.4, 0.5) is 0 Å². The van der Waals surface area contributed by atoms with Crippen molar-refractivity contribution in [2.24, 2.45) is 0 Å². The van der Waals surface area contributed by atoms with Gasteiger partial charge in [-0.25, -0.2) is 0 Å². The van der Waals surface area contributed by atoms with Crippen molar-refractivity contribution in [1.82, 2.24) is 0 Å². The molecule has 15 heavy (non-hydrogen) atoms. The second-order valence-corrected chi connectivity index (χ2v) is 4.56. The van der Waals surface area contributed by atoms with E-state index in [9.17, 15) is 0 Å². The van der Waals surface area contributed by atoms with E-state index in [2.05, 4.69) is 41.9 Å². The van der Waals surface area contributed by atoms with Crippen LogP contribution in [0.3, 0.4) is 0 Å². The highest BCUT2D eigenvalue weighted by atomic mass is 79.9. The molecule has 0 saturated carbocycles. The van der Waals surface area contributed by atoms with Crippen LogP contribution in [-0.2, 0) is 10.2 Å². The number of rotatable bonds is 5. The van der Waals surface area contributed by atoms with Crippen molar-refractivity contribution in [3.8, 4) is 5.75 Å². The number of halogens is 1. The topological polar surface area (TPSA) is 18.5 Å². The van der Waals surface area contributed by atoms with Gasteiger partial charge in [0.25, 0.3) is 0 Å². The van der Waals surface area contributed by atoms with E-state index in [0.29, 0.717) is 12.1 Å². The maximum absolute atomic E-state index is 5.40. The molecule has 0 aromatic heterocycles. The van der Waals surface area contributed by atoms with Crippen molar-refractivity contribution in [1.29, 1.82) is 0 Å². The van der Waals surface area contributed by atoms with Crippen molar-refractivity contribution in [2.75, 3.05) is 19.2 Å². The lowest BCUT2D eigenvalue weighted by Gasteiger charge is -2.24. The van der Waals surface area contributed by atoms with Gasteiger partial charge in [0.2, 0.25) is 0 Å². The van der Waals surface area contributed by atoms with Gasteiger partial charge in [-0.3, -0.25) is 0 Å². The van der Waals surface area contributed by atoms with E-state index in [4.69, 9.17) is 9.47 Å². The smallest absolute Gasteiger partial charge is 0.143 e. The molecule has 0 radical (unpaired) electrons. The Balaban J connectivity index is 2.88. The molecule has 0 aliphatic carbocycles. The molecule has 0 spiro atoms. The monoisotopic (exact) mass is 272 g/mol. The number of alkyl halides is 1. The van der Waals surface area contributed by atoms with Crippen molar-refractivity contribution in [3.05, 3.63) is 29.8 Å². The highest BCUT2D eigenvalue weighted by Gasteiger charge is 2.20. The van der Waals surface area contributed by atoms with Crippen LogP contribution in [0.25, 0.3) is 0 Å². The quantitative estimate of drug-likeness (QED) is 0.766. The highest BCUT2D eigenvalue weighted by Crippen LogP contribution is 2.26. The van der Waals surface area contributed by atoms with Gasteiger partial charge in [-0.15, -0.1) is 0 Å². The summed E-state index contributed by atoms with van der Waals surface area (Å²) in [4.78, 5) is 0. The zero-order valence-corrected chi connectivity index (χ0v) is 11.0. The molecule has 1 aromatic rings. The molecule has 0 atom stereocenters. The molecule has 0 bridgehead atoms. The highest BCUT2D eigenvalue weighted by molar-refractivity contribution is 9.09. The van der Waals surface area contributed by atoms with Crippen LogP contribution in [0.2, 0.25) is 0 Å². The van der Waals surface area contributed by atoms with Gasteiger partial charge in [-0.1, -0.05) is 26.0 Å². The summed E-state index contributed by atoms with van der Waals surface area (Å²) in [5, 5.41) is 0. The lowest BCUT2D eigenvalue weighted by Crippen LogP contribution is -2.23. The maximum Gasteiger partial charge on any atom is 0.143 e. The van der Waals surface area contributed by atoms with Gasteiger partial charge < -0.3 is 9.47 Å². The minimum atomic E-state index is 0.0143. The minimum Gasteiger partial charge on any atom is -0.482 e. The van der Waals surface area contributed by atoms with E-state index < -0.39 is 0 Å². The van der Waals surface area contributed by atoms with Gasteiger partial charge in [0.05, 0.1) is 6.61 Å². The zero-order chi connectivity index (χ0) is 11.3. The standard InChI is InChI=1S/C12H17BrO2/c1-12(2,8-14-3)10-5-4-6-11(7-10)15-9-13/h4-7H,8-9H2,1-3H3. The third-order valence-corrected chi connectivity index (χ3v) is 2.57. The summed E-state index contributed by atoms with van der Waals surface area (Å²) in [5.41, 5.74) is 1.75. The Labute approximate surface area is 99.7 Å². The van der Waals surface area contributed by atoms with Crippen LogP contribution in [-0.4, -0.2) is 19.2 Å². The molecular weight excluding hydrogens is 256 g/mol. The predicted molar refractivity (Wildman–Crippen MR) is 65.8 cm³/mol. The molecule has 2 nitrogen and oxygen atoms in total. The fourth-order valence-electron chi connectivity index (χ4n) is 1.51. The van der Waals surface area contributed by atoms with Gasteiger partial charge in [0.15, 0.2) is 0 Å². The van der Waals surface area contributed by atoms with Crippen LogP contribution in [0.1, 0.15) is 19.4 Å². The molecule has 0 unspecified atom stereocenters. The minimum absolute atomic E-state index is 0.0143. The molecular formula is C12H17BrO2. The third-order valence-electron chi connectivity index (χ3n) is 2.34. The summed E-state index contributed by atoms with van der Waals surface area (Å²) in [7, 11) is 1.72. The summed E-state index contributed by atoms with van der Waals surface area (Å²) >= 11 is 3.24. The number of ether oxygens (including phenoxy) is 2. The fraction of sp³-hybridized carbons (Fsp3) is 0.500. The van der Waals surface area contributed by atoms with E-state index >= 15 is 0 Å². The number of hydrogen-bond acceptors (Lipinski definition) is 2. The van der Waals surface area contributed by atoms with Gasteiger partial charge >= 0.3 is 0 Å². The Morgan fingerprint density at radius 3 is 2.67 bits per heavy atom. The summed E-state index contributed by atoms with van der Waals surface area (Å²) in [5.74, 6) is 0.883. The first-order chi connectivity index (χ1) is 7.10. The number of methoxy groups -OCH3 is 1. The molecule has 1 aromatic carbocycles. The average Bonchev–Trinajstić information content (AvgIpc) is 2.19. The largest absolute Gasteiger partial charge is 0.482 e. The second kappa shape index (κ2) is 5.52. The van der Waals surface area contributed by atoms with E-state index in [-0.39, 0.29) is 5.41 Å². The third kappa shape index (κ3) is 3.50. The first kappa shape index (κ1) is 12.5. The van der Waals surface area contributed by atoms with Gasteiger partial charge in [-0.05, 0) is 33.6 Å². The Morgan fingerprint density at radius 1 is 1.33 bits per heavy atom. The SMILES string of the molecule is COCC(C)(C)c1cccc(OCBr)c1. The Hall–Kier alpha value is -0.540. The Kier molecular flexibility index (Phi) is 4.61. The molecule has 0 aliphatic heterocycles. The first-order valence-electron chi connectivity index (χ1n) is 4.88. The van der Waals surface area contributed by atoms with Crippen LogP contribution in [0.5, 0.6) is 5.75 Å². The molecule has 0 fully saturated rings. The zero-order valence-electron chi connectivity index (χ0n) is 9.42. The number of hydrogen-bond donors (Lipinski definition) is 0. The van der Waals surface area contributed by atoms with Crippen LogP contribution in [0, 0.1) is 0 Å². The normalized spacial score (nSPS) is 11.5. The molecule has 0 amide bonds. The van der Waals surface area contributed by atoms with Gasteiger partial charge in [0.1, 0.15) is 11.3 Å². The molecule has 0 saturated heterocycles. The molecule has 0 N–H and O–H groups in total. The van der Waals surface area contributed by atoms with E-state index in [1.165, 1.54) is 5.56 Å². The second-order valence-electron chi connectivity index (χ2n) is 4.10. The first-order valence-corrected chi connectivity index (χ1v) is 6.00. The van der Waals surface area contributed by atoms with E-state index in [0.717, 1.165) is 5.75 Å². The summed E-state index contributed by atoms with van der Waals surface area (Å²) < 4.78 is 10.6. The predicted octanol–water partition coefficient (Wildman–Crippen LogP) is 3.34. The van der Waals surface area contributed by atoms with E-state index in [1.807, 2.05) is 12.1 Å². The summed E-state index contributed by atoms with van der Waals surface area (Å²) in [6, 6.07) is 8.11. The van der Waals surface area contributed by atoms with E-state index in [1.54, 1.807) is 7.11 Å². The van der Waals surface area contributed by atoms with Crippen molar-refractivity contribution in [3.63, 3.8) is 0 Å². The van der Waals surface area contributed by atoms with Crippen LogP contribution >= 0.6 is 15.9 Å². The lowest BCUT2D eigenvalue weighted by molar-refractivity contribution is 0.146.